The minimum atomic E-state index is 0.0775. The lowest BCUT2D eigenvalue weighted by atomic mass is 9.54. The number of hydrogen-bond acceptors (Lipinski definition) is 2. The average Bonchev–Trinajstić information content (AvgIpc) is 2.75. The second-order valence-corrected chi connectivity index (χ2v) is 9.74. The third kappa shape index (κ3) is 3.64. The maximum atomic E-state index is 12.9. The van der Waals surface area contributed by atoms with Crippen LogP contribution in [0.5, 0.6) is 0 Å². The molecule has 5 nitrogen and oxygen atoms in total. The minimum Gasteiger partial charge on any atom is -0.335 e. The molecule has 0 aromatic heterocycles. The fourth-order valence-electron chi connectivity index (χ4n) is 6.57. The zero-order valence-corrected chi connectivity index (χ0v) is 17.5. The van der Waals surface area contributed by atoms with Gasteiger partial charge in [-0.3, -0.25) is 4.79 Å². The number of piperazine rings is 1. The quantitative estimate of drug-likeness (QED) is 0.851. The van der Waals surface area contributed by atoms with Crippen LogP contribution in [-0.4, -0.2) is 54.0 Å². The number of hydrogen-bond donors (Lipinski definition) is 1. The number of aryl methyl sites for hydroxylation is 1. The maximum Gasteiger partial charge on any atom is 0.317 e. The Kier molecular flexibility index (Phi) is 5.00. The van der Waals surface area contributed by atoms with E-state index in [4.69, 9.17) is 0 Å². The van der Waals surface area contributed by atoms with Crippen molar-refractivity contribution in [1.82, 2.24) is 15.1 Å². The summed E-state index contributed by atoms with van der Waals surface area (Å²) in [5.41, 5.74) is 1.99. The Morgan fingerprint density at radius 2 is 1.41 bits per heavy atom. The van der Waals surface area contributed by atoms with Crippen LogP contribution in [0.25, 0.3) is 0 Å². The van der Waals surface area contributed by atoms with Gasteiger partial charge in [-0.2, -0.15) is 0 Å². The van der Waals surface area contributed by atoms with Gasteiger partial charge in [0.25, 0.3) is 5.91 Å². The highest BCUT2D eigenvalue weighted by Crippen LogP contribution is 2.53. The van der Waals surface area contributed by atoms with E-state index in [0.29, 0.717) is 44.1 Å². The average molecular weight is 396 g/mol. The van der Waals surface area contributed by atoms with Gasteiger partial charge in [0.15, 0.2) is 0 Å². The first-order chi connectivity index (χ1) is 14.1. The molecule has 29 heavy (non-hydrogen) atoms. The van der Waals surface area contributed by atoms with Crippen LogP contribution in [0.4, 0.5) is 4.79 Å². The second kappa shape index (κ2) is 7.66. The number of benzene rings is 1. The summed E-state index contributed by atoms with van der Waals surface area (Å²) in [4.78, 5) is 29.5. The largest absolute Gasteiger partial charge is 0.335 e. The molecule has 0 radical (unpaired) electrons. The van der Waals surface area contributed by atoms with E-state index in [-0.39, 0.29) is 11.9 Å². The Hall–Kier alpha value is -2.04. The summed E-state index contributed by atoms with van der Waals surface area (Å²) in [6.45, 7) is 4.59. The number of urea groups is 1. The van der Waals surface area contributed by atoms with E-state index in [0.717, 1.165) is 23.8 Å². The molecule has 1 aromatic rings. The normalized spacial score (nSPS) is 33.1. The highest BCUT2D eigenvalue weighted by molar-refractivity contribution is 5.94. The van der Waals surface area contributed by atoms with Crippen molar-refractivity contribution in [2.45, 2.75) is 51.5 Å². The molecule has 0 spiro atoms. The number of carbonyl (C=O) groups excluding carboxylic acids is 2. The third-order valence-electron chi connectivity index (χ3n) is 7.98. The predicted molar refractivity (Wildman–Crippen MR) is 113 cm³/mol. The van der Waals surface area contributed by atoms with Crippen LogP contribution in [0.15, 0.2) is 24.3 Å². The van der Waals surface area contributed by atoms with Crippen LogP contribution < -0.4 is 5.32 Å². The molecule has 1 aromatic carbocycles. The molecule has 5 fully saturated rings. The lowest BCUT2D eigenvalue weighted by molar-refractivity contribution is -0.0115. The van der Waals surface area contributed by atoms with Crippen molar-refractivity contribution in [3.63, 3.8) is 0 Å². The van der Waals surface area contributed by atoms with Crippen LogP contribution in [0.2, 0.25) is 0 Å². The molecule has 1 heterocycles. The number of carbonyl (C=O) groups is 2. The Balaban J connectivity index is 1.14. The summed E-state index contributed by atoms with van der Waals surface area (Å²) < 4.78 is 0. The molecular formula is C24H33N3O2. The van der Waals surface area contributed by atoms with E-state index >= 15 is 0 Å². The van der Waals surface area contributed by atoms with Crippen molar-refractivity contribution in [2.24, 2.45) is 23.7 Å². The van der Waals surface area contributed by atoms with E-state index < -0.39 is 0 Å². The van der Waals surface area contributed by atoms with Crippen LogP contribution in [0.3, 0.4) is 0 Å². The predicted octanol–water partition coefficient (Wildman–Crippen LogP) is 3.54. The first-order valence-corrected chi connectivity index (χ1v) is 11.5. The molecule has 4 saturated carbocycles. The third-order valence-corrected chi connectivity index (χ3v) is 7.98. The first kappa shape index (κ1) is 19.0. The van der Waals surface area contributed by atoms with Gasteiger partial charge in [0.1, 0.15) is 0 Å². The number of rotatable bonds is 3. The van der Waals surface area contributed by atoms with Crippen LogP contribution in [0, 0.1) is 23.7 Å². The van der Waals surface area contributed by atoms with Crippen LogP contribution in [-0.2, 0) is 6.42 Å². The fourth-order valence-corrected chi connectivity index (χ4v) is 6.57. The summed E-state index contributed by atoms with van der Waals surface area (Å²) in [6, 6.07) is 8.37. The fraction of sp³-hybridized carbons (Fsp3) is 0.667. The molecule has 1 aliphatic heterocycles. The van der Waals surface area contributed by atoms with Gasteiger partial charge in [-0.05, 0) is 79.9 Å². The summed E-state index contributed by atoms with van der Waals surface area (Å²) in [5, 5.41) is 3.40. The Labute approximate surface area is 173 Å². The highest BCUT2D eigenvalue weighted by atomic mass is 16.2. The number of nitrogens with zero attached hydrogens (tertiary/aromatic N) is 2. The highest BCUT2D eigenvalue weighted by Gasteiger charge is 2.48. The van der Waals surface area contributed by atoms with E-state index in [1.165, 1.54) is 37.7 Å². The smallest absolute Gasteiger partial charge is 0.317 e. The molecule has 0 unspecified atom stereocenters. The molecule has 156 valence electrons. The van der Waals surface area contributed by atoms with E-state index in [1.807, 2.05) is 34.1 Å². The molecule has 1 saturated heterocycles. The lowest BCUT2D eigenvalue weighted by Gasteiger charge is -2.54. The summed E-state index contributed by atoms with van der Waals surface area (Å²) in [5.74, 6) is 3.32. The van der Waals surface area contributed by atoms with Gasteiger partial charge in [0.2, 0.25) is 0 Å². The van der Waals surface area contributed by atoms with Gasteiger partial charge >= 0.3 is 6.03 Å². The number of amides is 3. The zero-order valence-electron chi connectivity index (χ0n) is 17.5. The SMILES string of the molecule is CCc1ccc(C(=O)N2CCN(C(=O)NC3C4CC5CC(C4)CC3C5)CC2)cc1. The van der Waals surface area contributed by atoms with Gasteiger partial charge in [-0.15, -0.1) is 0 Å². The summed E-state index contributed by atoms with van der Waals surface area (Å²) in [7, 11) is 0. The van der Waals surface area contributed by atoms with Gasteiger partial charge in [0, 0.05) is 37.8 Å². The van der Waals surface area contributed by atoms with Crippen molar-refractivity contribution in [3.05, 3.63) is 35.4 Å². The topological polar surface area (TPSA) is 52.7 Å². The molecule has 5 aliphatic rings. The molecule has 4 bridgehead atoms. The van der Waals surface area contributed by atoms with E-state index in [9.17, 15) is 9.59 Å². The Morgan fingerprint density at radius 1 is 0.862 bits per heavy atom. The van der Waals surface area contributed by atoms with Crippen molar-refractivity contribution in [2.75, 3.05) is 26.2 Å². The van der Waals surface area contributed by atoms with Gasteiger partial charge in [-0.1, -0.05) is 19.1 Å². The van der Waals surface area contributed by atoms with Crippen molar-refractivity contribution >= 4 is 11.9 Å². The molecular weight excluding hydrogens is 362 g/mol. The van der Waals surface area contributed by atoms with Gasteiger partial charge in [0.05, 0.1) is 0 Å². The summed E-state index contributed by atoms with van der Waals surface area (Å²) in [6.07, 6.45) is 7.68. The number of nitrogens with one attached hydrogen (secondary N) is 1. The van der Waals surface area contributed by atoms with E-state index in [2.05, 4.69) is 12.2 Å². The van der Waals surface area contributed by atoms with Gasteiger partial charge in [-0.25, -0.2) is 4.79 Å². The lowest BCUT2D eigenvalue weighted by Crippen LogP contribution is -2.60. The molecule has 1 N–H and O–H groups in total. The van der Waals surface area contributed by atoms with Gasteiger partial charge < -0.3 is 15.1 Å². The molecule has 0 atom stereocenters. The van der Waals surface area contributed by atoms with Crippen LogP contribution in [0.1, 0.15) is 54.9 Å². The molecule has 4 aliphatic carbocycles. The molecule has 5 heteroatoms. The summed E-state index contributed by atoms with van der Waals surface area (Å²) >= 11 is 0. The van der Waals surface area contributed by atoms with Crippen molar-refractivity contribution < 1.29 is 9.59 Å². The maximum absolute atomic E-state index is 12.9. The monoisotopic (exact) mass is 395 g/mol. The zero-order chi connectivity index (χ0) is 20.0. The molecule has 3 amide bonds. The minimum absolute atomic E-state index is 0.0775. The second-order valence-electron chi connectivity index (χ2n) is 9.74. The first-order valence-electron chi connectivity index (χ1n) is 11.5. The van der Waals surface area contributed by atoms with E-state index in [1.54, 1.807) is 0 Å². The standard InChI is InChI=1S/C24H33N3O2/c1-2-16-3-5-19(6-4-16)23(28)26-7-9-27(10-8-26)24(29)25-22-20-12-17-11-18(14-20)15-21(22)13-17/h3-6,17-18,20-22H,2,7-15H2,1H3,(H,25,29). The Bertz CT molecular complexity index is 739. The van der Waals surface area contributed by atoms with Crippen LogP contribution >= 0.6 is 0 Å². The molecule has 6 rings (SSSR count). The Morgan fingerprint density at radius 3 is 1.97 bits per heavy atom. The van der Waals surface area contributed by atoms with Crippen molar-refractivity contribution in [3.8, 4) is 0 Å². The van der Waals surface area contributed by atoms with Crippen molar-refractivity contribution in [1.29, 1.82) is 0 Å².